The summed E-state index contributed by atoms with van der Waals surface area (Å²) in [6, 6.07) is 5.39. The summed E-state index contributed by atoms with van der Waals surface area (Å²) in [6.07, 6.45) is 3.64. The zero-order valence-electron chi connectivity index (χ0n) is 11.7. The van der Waals surface area contributed by atoms with Gasteiger partial charge >= 0.3 is 0 Å². The zero-order chi connectivity index (χ0) is 14.4. The number of carbonyl (C=O) groups is 1. The summed E-state index contributed by atoms with van der Waals surface area (Å²) in [5.74, 6) is 6.83. The van der Waals surface area contributed by atoms with E-state index in [1.54, 1.807) is 12.1 Å². The largest absolute Gasteiger partial charge is 0.395 e. The maximum Gasteiger partial charge on any atom is 0.228 e. The lowest BCUT2D eigenvalue weighted by atomic mass is 9.97. The first-order valence-corrected chi connectivity index (χ1v) is 7.08. The van der Waals surface area contributed by atoms with E-state index in [-0.39, 0.29) is 18.4 Å². The van der Waals surface area contributed by atoms with Gasteiger partial charge in [0.2, 0.25) is 5.91 Å². The van der Waals surface area contributed by atoms with Crippen LogP contribution in [0, 0.1) is 23.7 Å². The van der Waals surface area contributed by atoms with Gasteiger partial charge in [0.05, 0.1) is 6.61 Å². The van der Waals surface area contributed by atoms with Crippen LogP contribution in [0.2, 0.25) is 0 Å². The summed E-state index contributed by atoms with van der Waals surface area (Å²) in [5.41, 5.74) is 0.607. The molecule has 2 rings (SSSR count). The van der Waals surface area contributed by atoms with E-state index in [0.29, 0.717) is 23.9 Å². The van der Waals surface area contributed by atoms with E-state index in [1.807, 2.05) is 6.07 Å². The van der Waals surface area contributed by atoms with Gasteiger partial charge in [-0.05, 0) is 36.8 Å². The molecule has 0 aliphatic heterocycles. The number of aliphatic hydroxyl groups excluding tert-OH is 1. The molecule has 4 nitrogen and oxygen atoms in total. The van der Waals surface area contributed by atoms with Gasteiger partial charge in [0.25, 0.3) is 0 Å². The maximum absolute atomic E-state index is 12.2. The van der Waals surface area contributed by atoms with Crippen LogP contribution in [0.25, 0.3) is 0 Å². The van der Waals surface area contributed by atoms with Crippen LogP contribution >= 0.6 is 0 Å². The van der Waals surface area contributed by atoms with Crippen LogP contribution in [-0.4, -0.2) is 22.6 Å². The number of aromatic nitrogens is 1. The molecule has 0 saturated heterocycles. The lowest BCUT2D eigenvalue weighted by Crippen LogP contribution is -2.25. The molecular weight excluding hydrogens is 252 g/mol. The summed E-state index contributed by atoms with van der Waals surface area (Å²) in [5, 5.41) is 11.6. The fraction of sp³-hybridized carbons (Fsp3) is 0.500. The van der Waals surface area contributed by atoms with Gasteiger partial charge < -0.3 is 10.4 Å². The third-order valence-corrected chi connectivity index (χ3v) is 3.65. The predicted octanol–water partition coefficient (Wildman–Crippen LogP) is 2.19. The van der Waals surface area contributed by atoms with Gasteiger partial charge in [-0.1, -0.05) is 25.3 Å². The van der Waals surface area contributed by atoms with E-state index in [1.165, 1.54) is 0 Å². The van der Waals surface area contributed by atoms with Crippen LogP contribution in [-0.2, 0) is 4.79 Å². The summed E-state index contributed by atoms with van der Waals surface area (Å²) in [7, 11) is 0. The molecule has 2 N–H and O–H groups in total. The smallest absolute Gasteiger partial charge is 0.228 e. The Morgan fingerprint density at radius 1 is 1.50 bits per heavy atom. The predicted molar refractivity (Wildman–Crippen MR) is 78.0 cm³/mol. The molecule has 0 radical (unpaired) electrons. The molecular formula is C16H20N2O2. The van der Waals surface area contributed by atoms with Crippen molar-refractivity contribution in [2.45, 2.75) is 32.6 Å². The number of pyridine rings is 1. The van der Waals surface area contributed by atoms with E-state index in [4.69, 9.17) is 5.11 Å². The third kappa shape index (κ3) is 3.82. The van der Waals surface area contributed by atoms with E-state index in [9.17, 15) is 4.79 Å². The molecule has 1 fully saturated rings. The average Bonchev–Trinajstić information content (AvgIpc) is 2.86. The van der Waals surface area contributed by atoms with E-state index in [2.05, 4.69) is 29.1 Å². The molecule has 2 unspecified atom stereocenters. The molecule has 1 heterocycles. The van der Waals surface area contributed by atoms with Gasteiger partial charge in [0, 0.05) is 12.3 Å². The number of amides is 1. The molecule has 4 heteroatoms. The standard InChI is InChI=1S/C16H20N2O2/c1-12-6-4-9-14(12)16(20)18-15-10-5-8-13(17-15)7-2-3-11-19/h5,8,10,12,14,19H,3-4,6,9,11H2,1H3,(H,17,18,20). The van der Waals surface area contributed by atoms with Crippen LogP contribution in [0.4, 0.5) is 5.82 Å². The lowest BCUT2D eigenvalue weighted by Gasteiger charge is -2.14. The van der Waals surface area contributed by atoms with Gasteiger partial charge in [-0.25, -0.2) is 4.98 Å². The molecule has 20 heavy (non-hydrogen) atoms. The Morgan fingerprint density at radius 3 is 3.05 bits per heavy atom. The number of carbonyl (C=O) groups excluding carboxylic acids is 1. The summed E-state index contributed by atoms with van der Waals surface area (Å²) < 4.78 is 0. The van der Waals surface area contributed by atoms with E-state index in [0.717, 1.165) is 19.3 Å². The SMILES string of the molecule is CC1CCCC1C(=O)Nc1cccc(C#CCCO)n1. The van der Waals surface area contributed by atoms with Crippen LogP contribution in [0.15, 0.2) is 18.2 Å². The second-order valence-corrected chi connectivity index (χ2v) is 5.19. The van der Waals surface area contributed by atoms with E-state index < -0.39 is 0 Å². The van der Waals surface area contributed by atoms with Crippen LogP contribution < -0.4 is 5.32 Å². The zero-order valence-corrected chi connectivity index (χ0v) is 11.7. The third-order valence-electron chi connectivity index (χ3n) is 3.65. The Bertz CT molecular complexity index is 531. The minimum atomic E-state index is 0.0446. The Kier molecular flexibility index (Phi) is 5.14. The fourth-order valence-electron chi connectivity index (χ4n) is 2.54. The highest BCUT2D eigenvalue weighted by Gasteiger charge is 2.29. The molecule has 2 atom stereocenters. The van der Waals surface area contributed by atoms with Gasteiger partial charge in [0.15, 0.2) is 0 Å². The second-order valence-electron chi connectivity index (χ2n) is 5.19. The summed E-state index contributed by atoms with van der Waals surface area (Å²) >= 11 is 0. The Balaban J connectivity index is 2.01. The normalized spacial score (nSPS) is 21.1. The number of nitrogens with one attached hydrogen (secondary N) is 1. The van der Waals surface area contributed by atoms with Gasteiger partial charge in [-0.2, -0.15) is 0 Å². The quantitative estimate of drug-likeness (QED) is 0.829. The van der Waals surface area contributed by atoms with Crippen molar-refractivity contribution >= 4 is 11.7 Å². The topological polar surface area (TPSA) is 62.2 Å². The highest BCUT2D eigenvalue weighted by atomic mass is 16.2. The first-order chi connectivity index (χ1) is 9.70. The maximum atomic E-state index is 12.2. The van der Waals surface area contributed by atoms with Crippen LogP contribution in [0.3, 0.4) is 0 Å². The van der Waals surface area contributed by atoms with Gasteiger partial charge in [0.1, 0.15) is 11.5 Å². The number of nitrogens with zero attached hydrogens (tertiary/aromatic N) is 1. The fourth-order valence-corrected chi connectivity index (χ4v) is 2.54. The number of aliphatic hydroxyl groups is 1. The van der Waals surface area contributed by atoms with Gasteiger partial charge in [-0.3, -0.25) is 4.79 Å². The Hall–Kier alpha value is -1.86. The first-order valence-electron chi connectivity index (χ1n) is 7.08. The molecule has 1 aliphatic carbocycles. The van der Waals surface area contributed by atoms with Crippen molar-refractivity contribution in [1.29, 1.82) is 0 Å². The van der Waals surface area contributed by atoms with Crippen molar-refractivity contribution in [3.63, 3.8) is 0 Å². The summed E-state index contributed by atoms with van der Waals surface area (Å²) in [6.45, 7) is 2.17. The van der Waals surface area contributed by atoms with Crippen molar-refractivity contribution in [2.24, 2.45) is 11.8 Å². The number of hydrogen-bond donors (Lipinski definition) is 2. The molecule has 0 spiro atoms. The first kappa shape index (κ1) is 14.5. The lowest BCUT2D eigenvalue weighted by molar-refractivity contribution is -0.120. The van der Waals surface area contributed by atoms with Crippen molar-refractivity contribution in [2.75, 3.05) is 11.9 Å². The number of hydrogen-bond acceptors (Lipinski definition) is 3. The molecule has 1 aromatic heterocycles. The molecule has 1 saturated carbocycles. The molecule has 1 aliphatic rings. The molecule has 0 aromatic carbocycles. The monoisotopic (exact) mass is 272 g/mol. The van der Waals surface area contributed by atoms with Crippen molar-refractivity contribution in [1.82, 2.24) is 4.98 Å². The van der Waals surface area contributed by atoms with Crippen LogP contribution in [0.1, 0.15) is 38.3 Å². The van der Waals surface area contributed by atoms with E-state index >= 15 is 0 Å². The van der Waals surface area contributed by atoms with Crippen LogP contribution in [0.5, 0.6) is 0 Å². The Labute approximate surface area is 119 Å². The van der Waals surface area contributed by atoms with Gasteiger partial charge in [-0.15, -0.1) is 0 Å². The highest BCUT2D eigenvalue weighted by molar-refractivity contribution is 5.92. The average molecular weight is 272 g/mol. The second kappa shape index (κ2) is 7.06. The van der Waals surface area contributed by atoms with Crippen molar-refractivity contribution < 1.29 is 9.90 Å². The molecule has 0 bridgehead atoms. The minimum Gasteiger partial charge on any atom is -0.395 e. The minimum absolute atomic E-state index is 0.0446. The highest BCUT2D eigenvalue weighted by Crippen LogP contribution is 2.31. The molecule has 106 valence electrons. The number of anilines is 1. The summed E-state index contributed by atoms with van der Waals surface area (Å²) in [4.78, 5) is 16.5. The Morgan fingerprint density at radius 2 is 2.35 bits per heavy atom. The number of rotatable bonds is 3. The molecule has 1 aromatic rings. The van der Waals surface area contributed by atoms with Crippen molar-refractivity contribution in [3.05, 3.63) is 23.9 Å². The molecule has 1 amide bonds. The van der Waals surface area contributed by atoms with Crippen molar-refractivity contribution in [3.8, 4) is 11.8 Å².